The van der Waals surface area contributed by atoms with Crippen LogP contribution in [0.25, 0.3) is 22.2 Å². The fourth-order valence-electron chi connectivity index (χ4n) is 9.80. The number of carbonyl (C=O) groups is 3. The van der Waals surface area contributed by atoms with Gasteiger partial charge >= 0.3 is 12.1 Å². The number of morpholine rings is 1. The van der Waals surface area contributed by atoms with Gasteiger partial charge < -0.3 is 43.4 Å². The minimum Gasteiger partial charge on any atom is -0.464 e. The summed E-state index contributed by atoms with van der Waals surface area (Å²) in [4.78, 5) is 50.7. The van der Waals surface area contributed by atoms with Crippen LogP contribution in [0.3, 0.4) is 0 Å². The van der Waals surface area contributed by atoms with Crippen molar-refractivity contribution >= 4 is 40.6 Å². The Morgan fingerprint density at radius 2 is 1.83 bits per heavy atom. The van der Waals surface area contributed by atoms with Gasteiger partial charge in [0.05, 0.1) is 54.7 Å². The standard InChI is InChI=1S/C48H72N8O7/c1-9-56-42-16-15-34(55-21-22-61-37(29-55)23-33(30-57)51-46(59)63-47(3,4)5)24-38(42)40(26-48(6,7)31-62-45(58)41-14-12-17-50-52-41)44(56)39-25-36(27-49-43(39)32(2)60-8)54-20-19-53-18-11-10-13-35(53)28-54/h15-16,24-25,27,30,32-33,35,37,41,50,52H,9-14,17-23,26,28-29,31H2,1-8H3,(H,51,59)/t32-,33-,35+,37-,41?/m0/s1. The molecule has 3 N–H and O–H groups in total. The number of fused-ring (bicyclic) bond motifs is 2. The number of rotatable bonds is 15. The SMILES string of the molecule is CCn1c(-c2cc(N3CCN4CCCC[C@@H]4C3)cnc2[C@H](C)OC)c(CC(C)(C)COC(=O)C2CCCNN2)c2cc(N3CCO[C@@H](C[C@@H](C=O)NC(=O)OC(C)(C)C)C3)ccc21. The lowest BCUT2D eigenvalue weighted by Crippen LogP contribution is -2.54. The normalized spacial score (nSPS) is 22.3. The predicted molar refractivity (Wildman–Crippen MR) is 246 cm³/mol. The number of hydrazine groups is 1. The van der Waals surface area contributed by atoms with Crippen molar-refractivity contribution in [1.29, 1.82) is 0 Å². The third kappa shape index (κ3) is 11.3. The van der Waals surface area contributed by atoms with Gasteiger partial charge in [-0.25, -0.2) is 10.2 Å². The maximum absolute atomic E-state index is 13.3. The van der Waals surface area contributed by atoms with E-state index in [2.05, 4.69) is 87.4 Å². The van der Waals surface area contributed by atoms with Crippen LogP contribution in [0.15, 0.2) is 30.5 Å². The van der Waals surface area contributed by atoms with Gasteiger partial charge in [0.1, 0.15) is 17.9 Å². The lowest BCUT2D eigenvalue weighted by molar-refractivity contribution is -0.150. The summed E-state index contributed by atoms with van der Waals surface area (Å²) in [5.74, 6) is -0.236. The third-order valence-electron chi connectivity index (χ3n) is 13.1. The number of pyridine rings is 1. The molecule has 4 aliphatic heterocycles. The van der Waals surface area contributed by atoms with Gasteiger partial charge in [0.15, 0.2) is 0 Å². The molecule has 6 heterocycles. The number of benzene rings is 1. The van der Waals surface area contributed by atoms with Gasteiger partial charge in [0.25, 0.3) is 0 Å². The van der Waals surface area contributed by atoms with E-state index in [0.717, 1.165) is 91.1 Å². The molecule has 1 amide bonds. The molecule has 4 aliphatic rings. The number of aryl methyl sites for hydroxylation is 1. The van der Waals surface area contributed by atoms with Crippen molar-refractivity contribution in [2.45, 2.75) is 136 Å². The highest BCUT2D eigenvalue weighted by molar-refractivity contribution is 5.95. The molecular weight excluding hydrogens is 801 g/mol. The maximum atomic E-state index is 13.3. The van der Waals surface area contributed by atoms with Crippen LogP contribution in [0.4, 0.5) is 16.2 Å². The number of amides is 1. The molecule has 63 heavy (non-hydrogen) atoms. The average molecular weight is 873 g/mol. The molecule has 15 heteroatoms. The van der Waals surface area contributed by atoms with Gasteiger partial charge in [-0.1, -0.05) is 20.3 Å². The van der Waals surface area contributed by atoms with Crippen LogP contribution in [-0.2, 0) is 41.5 Å². The molecule has 0 bridgehead atoms. The fraction of sp³-hybridized carbons (Fsp3) is 0.667. The number of aldehydes is 1. The minimum atomic E-state index is -0.749. The molecule has 346 valence electrons. The first-order valence-corrected chi connectivity index (χ1v) is 23.3. The van der Waals surface area contributed by atoms with E-state index in [-0.39, 0.29) is 30.8 Å². The van der Waals surface area contributed by atoms with E-state index < -0.39 is 23.2 Å². The summed E-state index contributed by atoms with van der Waals surface area (Å²) in [6.45, 7) is 21.7. The first-order chi connectivity index (χ1) is 30.2. The largest absolute Gasteiger partial charge is 0.464 e. The van der Waals surface area contributed by atoms with Crippen LogP contribution in [0.2, 0.25) is 0 Å². The molecule has 1 aromatic carbocycles. The van der Waals surface area contributed by atoms with Crippen molar-refractivity contribution in [2.75, 3.05) is 75.9 Å². The van der Waals surface area contributed by atoms with E-state index >= 15 is 0 Å². The van der Waals surface area contributed by atoms with Crippen molar-refractivity contribution < 1.29 is 33.3 Å². The second kappa shape index (κ2) is 20.3. The van der Waals surface area contributed by atoms with Crippen LogP contribution in [0.5, 0.6) is 0 Å². The van der Waals surface area contributed by atoms with Gasteiger partial charge in [-0.2, -0.15) is 0 Å². The van der Waals surface area contributed by atoms with Gasteiger partial charge in [0.2, 0.25) is 0 Å². The Kier molecular flexibility index (Phi) is 15.0. The zero-order valence-electron chi connectivity index (χ0n) is 39.0. The van der Waals surface area contributed by atoms with Crippen molar-refractivity contribution in [3.63, 3.8) is 0 Å². The highest BCUT2D eigenvalue weighted by atomic mass is 16.6. The molecule has 0 radical (unpaired) electrons. The zero-order valence-corrected chi connectivity index (χ0v) is 39.0. The van der Waals surface area contributed by atoms with E-state index in [0.29, 0.717) is 38.6 Å². The molecule has 0 saturated carbocycles. The quantitative estimate of drug-likeness (QED) is 0.118. The number of anilines is 2. The number of nitrogens with zero attached hydrogens (tertiary/aromatic N) is 5. The molecule has 4 saturated heterocycles. The maximum Gasteiger partial charge on any atom is 0.408 e. The van der Waals surface area contributed by atoms with E-state index in [9.17, 15) is 14.4 Å². The van der Waals surface area contributed by atoms with Gasteiger partial charge in [-0.3, -0.25) is 20.1 Å². The van der Waals surface area contributed by atoms with Gasteiger partial charge in [0, 0.05) is 93.0 Å². The lowest BCUT2D eigenvalue weighted by atomic mass is 9.84. The summed E-state index contributed by atoms with van der Waals surface area (Å²) in [6, 6.07) is 8.46. The van der Waals surface area contributed by atoms with Crippen molar-refractivity contribution in [1.82, 2.24) is 30.6 Å². The number of hydrogen-bond donors (Lipinski definition) is 3. The summed E-state index contributed by atoms with van der Waals surface area (Å²) in [6.07, 6.45) is 7.99. The van der Waals surface area contributed by atoms with Crippen LogP contribution >= 0.6 is 0 Å². The topological polar surface area (TPSA) is 152 Å². The molecular formula is C48H72N8O7. The number of ether oxygens (including phenoxy) is 4. The Bertz CT molecular complexity index is 2060. The van der Waals surface area contributed by atoms with Crippen molar-refractivity contribution in [2.24, 2.45) is 5.41 Å². The zero-order chi connectivity index (χ0) is 44.9. The first-order valence-electron chi connectivity index (χ1n) is 23.3. The van der Waals surface area contributed by atoms with Crippen molar-refractivity contribution in [3.05, 3.63) is 41.7 Å². The fourth-order valence-corrected chi connectivity index (χ4v) is 9.80. The molecule has 0 aliphatic carbocycles. The third-order valence-corrected chi connectivity index (χ3v) is 13.1. The molecule has 1 unspecified atom stereocenters. The Balaban J connectivity index is 1.26. The highest BCUT2D eigenvalue weighted by Crippen LogP contribution is 2.43. The number of carbonyl (C=O) groups excluding carboxylic acids is 3. The average Bonchev–Trinajstić information content (AvgIpc) is 3.58. The van der Waals surface area contributed by atoms with Crippen molar-refractivity contribution in [3.8, 4) is 11.3 Å². The van der Waals surface area contributed by atoms with Gasteiger partial charge in [-0.15, -0.1) is 0 Å². The lowest BCUT2D eigenvalue weighted by Gasteiger charge is -2.45. The Morgan fingerprint density at radius 3 is 2.56 bits per heavy atom. The number of methoxy groups -OCH3 is 1. The van der Waals surface area contributed by atoms with Crippen LogP contribution in [0, 0.1) is 5.41 Å². The minimum absolute atomic E-state index is 0.236. The number of piperazine rings is 1. The first kappa shape index (κ1) is 46.7. The predicted octanol–water partition coefficient (Wildman–Crippen LogP) is 6.16. The molecule has 3 aromatic rings. The van der Waals surface area contributed by atoms with E-state index in [1.54, 1.807) is 27.9 Å². The van der Waals surface area contributed by atoms with Crippen LogP contribution in [0.1, 0.15) is 104 Å². The summed E-state index contributed by atoms with van der Waals surface area (Å²) in [5, 5.41) is 3.84. The molecule has 0 spiro atoms. The number of alkyl carbamates (subject to hydrolysis) is 1. The second-order valence-electron chi connectivity index (χ2n) is 19.7. The Hall–Kier alpha value is -4.28. The van der Waals surface area contributed by atoms with E-state index in [1.807, 2.05) is 6.20 Å². The number of aromatic nitrogens is 2. The summed E-state index contributed by atoms with van der Waals surface area (Å²) >= 11 is 0. The molecule has 7 rings (SSSR count). The molecule has 2 aromatic heterocycles. The molecule has 5 atom stereocenters. The smallest absolute Gasteiger partial charge is 0.408 e. The van der Waals surface area contributed by atoms with Gasteiger partial charge in [-0.05, 0) is 103 Å². The summed E-state index contributed by atoms with van der Waals surface area (Å²) in [7, 11) is 1.74. The second-order valence-corrected chi connectivity index (χ2v) is 19.7. The summed E-state index contributed by atoms with van der Waals surface area (Å²) in [5.41, 5.74) is 12.6. The number of piperidine rings is 1. The Morgan fingerprint density at radius 1 is 1.02 bits per heavy atom. The number of esters is 1. The molecule has 4 fully saturated rings. The van der Waals surface area contributed by atoms with E-state index in [1.165, 1.54) is 31.4 Å². The van der Waals surface area contributed by atoms with Crippen LogP contribution in [-0.4, -0.2) is 129 Å². The number of hydrogen-bond acceptors (Lipinski definition) is 13. The Labute approximate surface area is 373 Å². The highest BCUT2D eigenvalue weighted by Gasteiger charge is 2.34. The monoisotopic (exact) mass is 873 g/mol. The van der Waals surface area contributed by atoms with E-state index in [4.69, 9.17) is 23.9 Å². The molecule has 15 nitrogen and oxygen atoms in total. The van der Waals surface area contributed by atoms with Crippen LogP contribution < -0.4 is 26.0 Å². The number of nitrogens with one attached hydrogen (secondary N) is 3. The summed E-state index contributed by atoms with van der Waals surface area (Å²) < 4.78 is 26.1.